The van der Waals surface area contributed by atoms with Gasteiger partial charge in [-0.1, -0.05) is 6.08 Å². The molecule has 0 bridgehead atoms. The van der Waals surface area contributed by atoms with Crippen molar-refractivity contribution < 1.29 is 14.6 Å². The van der Waals surface area contributed by atoms with Crippen LogP contribution in [0.3, 0.4) is 0 Å². The zero-order chi connectivity index (χ0) is 12.0. The number of ether oxygens (including phenoxy) is 1. The average molecular weight is 227 g/mol. The number of nitrogens with zero attached hydrogens (tertiary/aromatic N) is 1. The molecule has 16 heavy (non-hydrogen) atoms. The molecule has 92 valence electrons. The van der Waals surface area contributed by atoms with Gasteiger partial charge in [0.15, 0.2) is 0 Å². The van der Waals surface area contributed by atoms with E-state index in [1.54, 1.807) is 0 Å². The van der Waals surface area contributed by atoms with Crippen LogP contribution in [0.4, 0.5) is 0 Å². The molecule has 0 aliphatic carbocycles. The van der Waals surface area contributed by atoms with Gasteiger partial charge in [-0.3, -0.25) is 9.69 Å². The molecule has 0 aromatic rings. The third kappa shape index (κ3) is 4.33. The molecule has 0 saturated carbocycles. The minimum absolute atomic E-state index is 0.100. The highest BCUT2D eigenvalue weighted by molar-refractivity contribution is 5.66. The van der Waals surface area contributed by atoms with Gasteiger partial charge in [-0.2, -0.15) is 0 Å². The smallest absolute Gasteiger partial charge is 0.305 e. The topological polar surface area (TPSA) is 49.8 Å². The highest BCUT2D eigenvalue weighted by Crippen LogP contribution is 2.16. The van der Waals surface area contributed by atoms with E-state index in [2.05, 4.69) is 18.4 Å². The van der Waals surface area contributed by atoms with Gasteiger partial charge in [-0.25, -0.2) is 0 Å². The van der Waals surface area contributed by atoms with Crippen molar-refractivity contribution in [2.75, 3.05) is 19.7 Å². The molecule has 1 rings (SSSR count). The maximum absolute atomic E-state index is 10.3. The van der Waals surface area contributed by atoms with E-state index in [1.165, 1.54) is 0 Å². The number of hydrogen-bond donors (Lipinski definition) is 1. The number of carboxylic acids is 1. The van der Waals surface area contributed by atoms with Gasteiger partial charge < -0.3 is 9.84 Å². The normalized spacial score (nSPS) is 20.6. The Kier molecular flexibility index (Phi) is 5.49. The van der Waals surface area contributed by atoms with Crippen LogP contribution in [0, 0.1) is 0 Å². The molecule has 0 aromatic heterocycles. The Morgan fingerprint density at radius 2 is 2.25 bits per heavy atom. The van der Waals surface area contributed by atoms with Crippen molar-refractivity contribution >= 4 is 5.97 Å². The first-order valence-corrected chi connectivity index (χ1v) is 5.83. The number of hydrogen-bond acceptors (Lipinski definition) is 3. The fraction of sp³-hybridized carbons (Fsp3) is 0.750. The zero-order valence-corrected chi connectivity index (χ0v) is 9.89. The predicted octanol–water partition coefficient (Wildman–Crippen LogP) is 1.52. The first kappa shape index (κ1) is 13.2. The highest BCUT2D eigenvalue weighted by atomic mass is 16.5. The molecule has 1 saturated heterocycles. The molecule has 1 unspecified atom stereocenters. The number of aliphatic carboxylic acids is 1. The molecule has 1 fully saturated rings. The lowest BCUT2D eigenvalue weighted by Crippen LogP contribution is -2.41. The number of carboxylic acid groups (broad SMARTS) is 1. The minimum atomic E-state index is -0.794. The summed E-state index contributed by atoms with van der Waals surface area (Å²) >= 11 is 0. The molecular weight excluding hydrogens is 206 g/mol. The Labute approximate surface area is 96.9 Å². The molecule has 1 N–H and O–H groups in total. The monoisotopic (exact) mass is 227 g/mol. The summed E-state index contributed by atoms with van der Waals surface area (Å²) < 4.78 is 5.52. The molecule has 0 amide bonds. The molecule has 1 atom stereocenters. The van der Waals surface area contributed by atoms with E-state index in [1.807, 2.05) is 6.08 Å². The maximum Gasteiger partial charge on any atom is 0.305 e. The molecule has 0 spiro atoms. The second-order valence-corrected chi connectivity index (χ2v) is 4.23. The van der Waals surface area contributed by atoms with Gasteiger partial charge in [-0.05, 0) is 19.8 Å². The van der Waals surface area contributed by atoms with Crippen molar-refractivity contribution in [2.45, 2.75) is 38.3 Å². The van der Waals surface area contributed by atoms with Crippen LogP contribution < -0.4 is 0 Å². The third-order valence-corrected chi connectivity index (χ3v) is 3.06. The fourth-order valence-electron chi connectivity index (χ4n) is 1.91. The summed E-state index contributed by atoms with van der Waals surface area (Å²) in [6.45, 7) is 8.26. The van der Waals surface area contributed by atoms with Crippen molar-refractivity contribution in [3.05, 3.63) is 12.7 Å². The second-order valence-electron chi connectivity index (χ2n) is 4.23. The third-order valence-electron chi connectivity index (χ3n) is 3.06. The lowest BCUT2D eigenvalue weighted by atomic mass is 10.1. The number of piperidine rings is 1. The Morgan fingerprint density at radius 3 is 2.75 bits per heavy atom. The zero-order valence-electron chi connectivity index (χ0n) is 9.89. The molecule has 4 heteroatoms. The summed E-state index contributed by atoms with van der Waals surface area (Å²) in [6, 6.07) is 0.417. The van der Waals surface area contributed by atoms with Crippen molar-refractivity contribution in [2.24, 2.45) is 0 Å². The maximum atomic E-state index is 10.3. The molecule has 4 nitrogen and oxygen atoms in total. The summed E-state index contributed by atoms with van der Waals surface area (Å²) in [7, 11) is 0. The summed E-state index contributed by atoms with van der Waals surface area (Å²) in [4.78, 5) is 12.7. The van der Waals surface area contributed by atoms with Gasteiger partial charge in [0.05, 0.1) is 19.1 Å². The average Bonchev–Trinajstić information content (AvgIpc) is 2.28. The molecule has 0 aromatic carbocycles. The standard InChI is InChI=1S/C12H21NO3/c1-3-10(2)13-7-4-11(5-8-13)16-9-6-12(14)15/h3,10-11H,1,4-9H2,2H3,(H,14,15). The van der Waals surface area contributed by atoms with Crippen molar-refractivity contribution in [3.63, 3.8) is 0 Å². The second kappa shape index (κ2) is 6.66. The van der Waals surface area contributed by atoms with E-state index >= 15 is 0 Å². The number of carbonyl (C=O) groups is 1. The number of rotatable bonds is 6. The molecule has 1 heterocycles. The molecular formula is C12H21NO3. The summed E-state index contributed by atoms with van der Waals surface area (Å²) in [5.74, 6) is -0.794. The van der Waals surface area contributed by atoms with Gasteiger partial charge in [-0.15, -0.1) is 6.58 Å². The van der Waals surface area contributed by atoms with Crippen LogP contribution in [0.15, 0.2) is 12.7 Å². The quantitative estimate of drug-likeness (QED) is 0.699. The van der Waals surface area contributed by atoms with Crippen LogP contribution in [-0.4, -0.2) is 47.8 Å². The van der Waals surface area contributed by atoms with Crippen LogP contribution in [0.25, 0.3) is 0 Å². The Hall–Kier alpha value is -0.870. The molecule has 1 aliphatic rings. The van der Waals surface area contributed by atoms with Crippen LogP contribution in [-0.2, 0) is 9.53 Å². The van der Waals surface area contributed by atoms with E-state index in [0.717, 1.165) is 25.9 Å². The first-order chi connectivity index (χ1) is 7.63. The van der Waals surface area contributed by atoms with Crippen molar-refractivity contribution in [1.82, 2.24) is 4.90 Å². The SMILES string of the molecule is C=CC(C)N1CCC(OCCC(=O)O)CC1. The minimum Gasteiger partial charge on any atom is -0.481 e. The van der Waals surface area contributed by atoms with Gasteiger partial charge in [0.1, 0.15) is 0 Å². The van der Waals surface area contributed by atoms with E-state index in [0.29, 0.717) is 12.6 Å². The Bertz CT molecular complexity index is 234. The van der Waals surface area contributed by atoms with Gasteiger partial charge in [0.2, 0.25) is 0 Å². The fourth-order valence-corrected chi connectivity index (χ4v) is 1.91. The van der Waals surface area contributed by atoms with E-state index in [-0.39, 0.29) is 12.5 Å². The van der Waals surface area contributed by atoms with Crippen LogP contribution in [0.5, 0.6) is 0 Å². The van der Waals surface area contributed by atoms with Crippen LogP contribution in [0.1, 0.15) is 26.2 Å². The summed E-state index contributed by atoms with van der Waals surface area (Å²) in [6.07, 6.45) is 4.25. The van der Waals surface area contributed by atoms with E-state index in [4.69, 9.17) is 9.84 Å². The Morgan fingerprint density at radius 1 is 1.62 bits per heavy atom. The van der Waals surface area contributed by atoms with Gasteiger partial charge in [0, 0.05) is 19.1 Å². The molecule has 1 aliphatic heterocycles. The summed E-state index contributed by atoms with van der Waals surface area (Å²) in [5, 5.41) is 8.49. The van der Waals surface area contributed by atoms with Crippen LogP contribution in [0.2, 0.25) is 0 Å². The van der Waals surface area contributed by atoms with E-state index < -0.39 is 5.97 Å². The molecule has 0 radical (unpaired) electrons. The Balaban J connectivity index is 2.16. The largest absolute Gasteiger partial charge is 0.481 e. The van der Waals surface area contributed by atoms with Gasteiger partial charge in [0.25, 0.3) is 0 Å². The first-order valence-electron chi connectivity index (χ1n) is 5.83. The predicted molar refractivity (Wildman–Crippen MR) is 62.5 cm³/mol. The van der Waals surface area contributed by atoms with Crippen molar-refractivity contribution in [3.8, 4) is 0 Å². The van der Waals surface area contributed by atoms with E-state index in [9.17, 15) is 4.79 Å². The highest BCUT2D eigenvalue weighted by Gasteiger charge is 2.21. The lowest BCUT2D eigenvalue weighted by molar-refractivity contribution is -0.138. The lowest BCUT2D eigenvalue weighted by Gasteiger charge is -2.34. The summed E-state index contributed by atoms with van der Waals surface area (Å²) in [5.41, 5.74) is 0. The van der Waals surface area contributed by atoms with Gasteiger partial charge >= 0.3 is 5.97 Å². The number of likely N-dealkylation sites (tertiary alicyclic amines) is 1. The van der Waals surface area contributed by atoms with Crippen molar-refractivity contribution in [1.29, 1.82) is 0 Å². The van der Waals surface area contributed by atoms with Crippen LogP contribution >= 0.6 is 0 Å².